The van der Waals surface area contributed by atoms with Gasteiger partial charge in [-0.3, -0.25) is 14.5 Å². The van der Waals surface area contributed by atoms with E-state index in [0.717, 1.165) is 36.4 Å². The number of fused-ring (bicyclic) bond motifs is 1. The highest BCUT2D eigenvalue weighted by Gasteiger charge is 2.31. The quantitative estimate of drug-likeness (QED) is 0.658. The fourth-order valence-corrected chi connectivity index (χ4v) is 4.35. The van der Waals surface area contributed by atoms with Gasteiger partial charge in [-0.2, -0.15) is 0 Å². The largest absolute Gasteiger partial charge is 0.462 e. The van der Waals surface area contributed by atoms with Crippen LogP contribution in [0.15, 0.2) is 24.3 Å². The second kappa shape index (κ2) is 8.93. The van der Waals surface area contributed by atoms with Gasteiger partial charge in [-0.1, -0.05) is 0 Å². The van der Waals surface area contributed by atoms with Crippen molar-refractivity contribution in [1.82, 2.24) is 9.88 Å². The number of aromatic nitrogens is 1. The molecule has 0 atom stereocenters. The molecule has 1 saturated carbocycles. The van der Waals surface area contributed by atoms with Crippen molar-refractivity contribution in [3.05, 3.63) is 40.4 Å². The van der Waals surface area contributed by atoms with Gasteiger partial charge in [0.25, 0.3) is 0 Å². The first-order valence-corrected chi connectivity index (χ1v) is 10.9. The third-order valence-corrected chi connectivity index (χ3v) is 6.03. The number of thiazole rings is 1. The smallest absolute Gasteiger partial charge is 0.338 e. The Morgan fingerprint density at radius 1 is 1.20 bits per heavy atom. The predicted molar refractivity (Wildman–Crippen MR) is 113 cm³/mol. The highest BCUT2D eigenvalue weighted by molar-refractivity contribution is 7.15. The zero-order chi connectivity index (χ0) is 21.1. The van der Waals surface area contributed by atoms with Gasteiger partial charge in [-0.05, 0) is 44.0 Å². The number of hydrogen-bond donors (Lipinski definition) is 2. The van der Waals surface area contributed by atoms with Gasteiger partial charge in [0, 0.05) is 36.0 Å². The second-order valence-corrected chi connectivity index (χ2v) is 8.54. The normalized spacial score (nSPS) is 15.9. The first-order chi connectivity index (χ1) is 14.5. The molecule has 4 rings (SSSR count). The highest BCUT2D eigenvalue weighted by atomic mass is 32.1. The van der Waals surface area contributed by atoms with Gasteiger partial charge in [0.15, 0.2) is 5.13 Å². The van der Waals surface area contributed by atoms with Crippen LogP contribution in [0.4, 0.5) is 10.8 Å². The number of carbonyl (C=O) groups is 3. The van der Waals surface area contributed by atoms with Crippen LogP contribution >= 0.6 is 11.3 Å². The molecule has 0 radical (unpaired) electrons. The molecular formula is C21H24N4O4S. The van der Waals surface area contributed by atoms with Gasteiger partial charge in [0.2, 0.25) is 11.8 Å². The van der Waals surface area contributed by atoms with Crippen LogP contribution in [0.2, 0.25) is 0 Å². The minimum Gasteiger partial charge on any atom is -0.462 e. The van der Waals surface area contributed by atoms with E-state index in [1.54, 1.807) is 31.2 Å². The molecule has 0 spiro atoms. The monoisotopic (exact) mass is 428 g/mol. The lowest BCUT2D eigenvalue weighted by Gasteiger charge is -2.25. The molecule has 2 amide bonds. The summed E-state index contributed by atoms with van der Waals surface area (Å²) in [6.45, 7) is 3.72. The van der Waals surface area contributed by atoms with Crippen molar-refractivity contribution in [2.75, 3.05) is 30.3 Å². The van der Waals surface area contributed by atoms with Crippen LogP contribution in [0, 0.1) is 5.92 Å². The lowest BCUT2D eigenvalue weighted by atomic mass is 10.2. The molecule has 1 aliphatic carbocycles. The summed E-state index contributed by atoms with van der Waals surface area (Å²) in [5.74, 6) is -0.283. The molecule has 30 heavy (non-hydrogen) atoms. The number of nitrogens with one attached hydrogen (secondary N) is 2. The Morgan fingerprint density at radius 2 is 1.97 bits per heavy atom. The van der Waals surface area contributed by atoms with Crippen LogP contribution in [-0.4, -0.2) is 47.4 Å². The van der Waals surface area contributed by atoms with Gasteiger partial charge in [-0.15, -0.1) is 11.3 Å². The summed E-state index contributed by atoms with van der Waals surface area (Å²) < 4.78 is 4.96. The van der Waals surface area contributed by atoms with E-state index in [1.807, 2.05) is 0 Å². The molecule has 8 nitrogen and oxygen atoms in total. The molecule has 0 saturated heterocycles. The number of benzene rings is 1. The standard InChI is InChI=1S/C21H24N4O4S/c1-2-29-20(28)14-5-7-15(8-6-14)22-18(26)12-25-10-9-16-17(11-25)30-21(23-16)24-19(27)13-3-4-13/h5-8,13H,2-4,9-12H2,1H3,(H,22,26)(H,23,24,27). The van der Waals surface area contributed by atoms with Crippen molar-refractivity contribution < 1.29 is 19.1 Å². The number of esters is 1. The number of carbonyl (C=O) groups excluding carboxylic acids is 3. The SMILES string of the molecule is CCOC(=O)c1ccc(NC(=O)CN2CCc3nc(NC(=O)C4CC4)sc3C2)cc1. The molecular weight excluding hydrogens is 404 g/mol. The second-order valence-electron chi connectivity index (χ2n) is 7.46. The fraction of sp³-hybridized carbons (Fsp3) is 0.429. The van der Waals surface area contributed by atoms with Crippen LogP contribution in [0.1, 0.15) is 40.7 Å². The zero-order valence-electron chi connectivity index (χ0n) is 16.8. The number of ether oxygens (including phenoxy) is 1. The van der Waals surface area contributed by atoms with Gasteiger partial charge >= 0.3 is 5.97 Å². The van der Waals surface area contributed by atoms with Crippen molar-refractivity contribution in [2.45, 2.75) is 32.7 Å². The predicted octanol–water partition coefficient (Wildman–Crippen LogP) is 2.67. The van der Waals surface area contributed by atoms with Gasteiger partial charge in [-0.25, -0.2) is 9.78 Å². The maximum absolute atomic E-state index is 12.4. The van der Waals surface area contributed by atoms with E-state index >= 15 is 0 Å². The van der Waals surface area contributed by atoms with E-state index in [2.05, 4.69) is 20.5 Å². The average Bonchev–Trinajstić information content (AvgIpc) is 3.49. The number of nitrogens with zero attached hydrogens (tertiary/aromatic N) is 2. The maximum atomic E-state index is 12.4. The van der Waals surface area contributed by atoms with Crippen molar-refractivity contribution in [1.29, 1.82) is 0 Å². The molecule has 0 unspecified atom stereocenters. The van der Waals surface area contributed by atoms with Crippen molar-refractivity contribution in [3.63, 3.8) is 0 Å². The molecule has 2 heterocycles. The number of amides is 2. The molecule has 2 aromatic rings. The average molecular weight is 429 g/mol. The molecule has 2 N–H and O–H groups in total. The molecule has 1 aromatic carbocycles. The summed E-state index contributed by atoms with van der Waals surface area (Å²) in [5.41, 5.74) is 2.10. The Hall–Kier alpha value is -2.78. The Kier molecular flexibility index (Phi) is 6.10. The van der Waals surface area contributed by atoms with E-state index in [1.165, 1.54) is 11.3 Å². The third-order valence-electron chi connectivity index (χ3n) is 5.04. The summed E-state index contributed by atoms with van der Waals surface area (Å²) in [6.07, 6.45) is 2.68. The number of rotatable bonds is 7. The Labute approximate surface area is 178 Å². The van der Waals surface area contributed by atoms with Gasteiger partial charge in [0.05, 0.1) is 24.4 Å². The lowest BCUT2D eigenvalue weighted by Crippen LogP contribution is -2.36. The molecule has 2 aliphatic rings. The first-order valence-electron chi connectivity index (χ1n) is 10.1. The maximum Gasteiger partial charge on any atom is 0.338 e. The van der Waals surface area contributed by atoms with Crippen LogP contribution in [0.25, 0.3) is 0 Å². The fourth-order valence-electron chi connectivity index (χ4n) is 3.30. The van der Waals surface area contributed by atoms with E-state index in [0.29, 0.717) is 29.5 Å². The Balaban J connectivity index is 1.29. The summed E-state index contributed by atoms with van der Waals surface area (Å²) in [6, 6.07) is 6.65. The molecule has 9 heteroatoms. The van der Waals surface area contributed by atoms with Crippen molar-refractivity contribution in [3.8, 4) is 0 Å². The zero-order valence-corrected chi connectivity index (χ0v) is 17.6. The van der Waals surface area contributed by atoms with Crippen molar-refractivity contribution in [2.24, 2.45) is 5.92 Å². The van der Waals surface area contributed by atoms with Crippen LogP contribution in [-0.2, 0) is 27.3 Å². The minimum absolute atomic E-state index is 0.0614. The summed E-state index contributed by atoms with van der Waals surface area (Å²) >= 11 is 1.49. The van der Waals surface area contributed by atoms with E-state index < -0.39 is 0 Å². The topological polar surface area (TPSA) is 101 Å². The van der Waals surface area contributed by atoms with Gasteiger partial charge in [0.1, 0.15) is 0 Å². The van der Waals surface area contributed by atoms with Gasteiger partial charge < -0.3 is 15.4 Å². The summed E-state index contributed by atoms with van der Waals surface area (Å²) in [4.78, 5) is 43.8. The van der Waals surface area contributed by atoms with E-state index in [-0.39, 0.29) is 30.2 Å². The van der Waals surface area contributed by atoms with E-state index in [9.17, 15) is 14.4 Å². The van der Waals surface area contributed by atoms with Crippen molar-refractivity contribution >= 4 is 39.9 Å². The molecule has 1 aliphatic heterocycles. The Morgan fingerprint density at radius 3 is 2.67 bits per heavy atom. The molecule has 1 fully saturated rings. The molecule has 1 aromatic heterocycles. The highest BCUT2D eigenvalue weighted by Crippen LogP contribution is 2.32. The third kappa shape index (κ3) is 5.03. The first kappa shape index (κ1) is 20.5. The van der Waals surface area contributed by atoms with Crippen LogP contribution < -0.4 is 10.6 Å². The Bertz CT molecular complexity index is 952. The van der Waals surface area contributed by atoms with Crippen LogP contribution in [0.5, 0.6) is 0 Å². The summed E-state index contributed by atoms with van der Waals surface area (Å²) in [7, 11) is 0. The lowest BCUT2D eigenvalue weighted by molar-refractivity contribution is -0.118. The van der Waals surface area contributed by atoms with E-state index in [4.69, 9.17) is 4.74 Å². The summed E-state index contributed by atoms with van der Waals surface area (Å²) in [5, 5.41) is 6.42. The van der Waals surface area contributed by atoms with Crippen LogP contribution in [0.3, 0.4) is 0 Å². The molecule has 158 valence electrons. The minimum atomic E-state index is -0.378. The molecule has 0 bridgehead atoms. The number of hydrogen-bond acceptors (Lipinski definition) is 7. The number of anilines is 2.